The Morgan fingerprint density at radius 1 is 1.47 bits per heavy atom. The van der Waals surface area contributed by atoms with Crippen LogP contribution >= 0.6 is 15.9 Å². The van der Waals surface area contributed by atoms with E-state index in [4.69, 9.17) is 4.74 Å². The minimum atomic E-state index is -0.420. The van der Waals surface area contributed by atoms with Crippen molar-refractivity contribution in [2.75, 3.05) is 13.1 Å². The summed E-state index contributed by atoms with van der Waals surface area (Å²) in [6.07, 6.45) is 4.17. The average Bonchev–Trinajstić information content (AvgIpc) is 2.27. The first-order valence-electron chi connectivity index (χ1n) is 7.02. The number of likely N-dealkylation sites (tertiary alicyclic amines) is 1. The second kappa shape index (κ2) is 6.78. The predicted octanol–water partition coefficient (Wildman–Crippen LogP) is 4.36. The van der Waals surface area contributed by atoms with Crippen LogP contribution in [0, 0.1) is 5.92 Å². The lowest BCUT2D eigenvalue weighted by Gasteiger charge is -2.35. The van der Waals surface area contributed by atoms with Crippen LogP contribution < -0.4 is 0 Å². The second-order valence-corrected chi connectivity index (χ2v) is 7.54. The molecular weight excluding hydrogens is 306 g/mol. The van der Waals surface area contributed by atoms with E-state index < -0.39 is 5.60 Å². The lowest BCUT2D eigenvalue weighted by atomic mass is 9.89. The molecule has 110 valence electrons. The SMILES string of the molecule is C/C=C(/C1CCCN(C(=O)OC(C)(C)C)C1)[C@@H](C)Br. The summed E-state index contributed by atoms with van der Waals surface area (Å²) in [5, 5.41) is 0. The van der Waals surface area contributed by atoms with Gasteiger partial charge in [0.25, 0.3) is 0 Å². The van der Waals surface area contributed by atoms with Crippen LogP contribution in [-0.2, 0) is 4.74 Å². The van der Waals surface area contributed by atoms with Crippen molar-refractivity contribution in [1.82, 2.24) is 4.90 Å². The van der Waals surface area contributed by atoms with Crippen molar-refractivity contribution >= 4 is 22.0 Å². The van der Waals surface area contributed by atoms with Crippen LogP contribution in [0.15, 0.2) is 11.6 Å². The maximum absolute atomic E-state index is 12.1. The van der Waals surface area contributed by atoms with E-state index in [1.165, 1.54) is 5.57 Å². The van der Waals surface area contributed by atoms with E-state index >= 15 is 0 Å². The van der Waals surface area contributed by atoms with Gasteiger partial charge in [0.15, 0.2) is 0 Å². The standard InChI is InChI=1S/C15H26BrNO2/c1-6-13(11(2)16)12-8-7-9-17(10-12)14(18)19-15(3,4)5/h6,11-12H,7-10H2,1-5H3/b13-6+/t11-,12?/m1/s1. The first-order chi connectivity index (χ1) is 8.74. The smallest absolute Gasteiger partial charge is 0.410 e. The highest BCUT2D eigenvalue weighted by Gasteiger charge is 2.29. The Kier molecular flexibility index (Phi) is 5.90. The van der Waals surface area contributed by atoms with Gasteiger partial charge in [-0.1, -0.05) is 27.6 Å². The number of hydrogen-bond acceptors (Lipinski definition) is 2. The van der Waals surface area contributed by atoms with Crippen molar-refractivity contribution in [3.8, 4) is 0 Å². The molecule has 0 aromatic heterocycles. The number of hydrogen-bond donors (Lipinski definition) is 0. The van der Waals surface area contributed by atoms with Crippen molar-refractivity contribution in [1.29, 1.82) is 0 Å². The molecule has 0 bridgehead atoms. The molecule has 1 aliphatic heterocycles. The van der Waals surface area contributed by atoms with Crippen LogP contribution in [0.4, 0.5) is 4.79 Å². The molecule has 2 atom stereocenters. The molecule has 0 spiro atoms. The number of amides is 1. The number of nitrogens with zero attached hydrogens (tertiary/aromatic N) is 1. The van der Waals surface area contributed by atoms with Gasteiger partial charge in [0, 0.05) is 17.9 Å². The van der Waals surface area contributed by atoms with Gasteiger partial charge in [0.2, 0.25) is 0 Å². The lowest BCUT2D eigenvalue weighted by Crippen LogP contribution is -2.43. The average molecular weight is 332 g/mol. The van der Waals surface area contributed by atoms with Crippen LogP contribution in [0.1, 0.15) is 47.5 Å². The van der Waals surface area contributed by atoms with Gasteiger partial charge >= 0.3 is 6.09 Å². The zero-order valence-electron chi connectivity index (χ0n) is 12.7. The number of allylic oxidation sites excluding steroid dienone is 1. The molecule has 0 N–H and O–H groups in total. The molecule has 1 unspecified atom stereocenters. The van der Waals surface area contributed by atoms with Gasteiger partial charge in [-0.3, -0.25) is 0 Å². The van der Waals surface area contributed by atoms with Crippen LogP contribution in [0.3, 0.4) is 0 Å². The van der Waals surface area contributed by atoms with Gasteiger partial charge in [-0.05, 0) is 53.4 Å². The molecule has 0 radical (unpaired) electrons. The first-order valence-corrected chi connectivity index (χ1v) is 7.94. The molecular formula is C15H26BrNO2. The molecule has 1 amide bonds. The minimum absolute atomic E-state index is 0.185. The Morgan fingerprint density at radius 2 is 2.11 bits per heavy atom. The third-order valence-corrected chi connectivity index (χ3v) is 3.87. The Balaban J connectivity index is 2.67. The Morgan fingerprint density at radius 3 is 2.58 bits per heavy atom. The summed E-state index contributed by atoms with van der Waals surface area (Å²) in [6.45, 7) is 11.5. The Hall–Kier alpha value is -0.510. The molecule has 19 heavy (non-hydrogen) atoms. The largest absolute Gasteiger partial charge is 0.444 e. The van der Waals surface area contributed by atoms with Gasteiger partial charge in [0.1, 0.15) is 5.60 Å². The highest BCUT2D eigenvalue weighted by atomic mass is 79.9. The second-order valence-electron chi connectivity index (χ2n) is 6.17. The van der Waals surface area contributed by atoms with E-state index in [2.05, 4.69) is 35.9 Å². The first kappa shape index (κ1) is 16.5. The maximum Gasteiger partial charge on any atom is 0.410 e. The molecule has 1 rings (SSSR count). The molecule has 0 aromatic carbocycles. The van der Waals surface area contributed by atoms with Crippen LogP contribution in [0.2, 0.25) is 0 Å². The Labute approximate surface area is 125 Å². The summed E-state index contributed by atoms with van der Waals surface area (Å²) in [5.41, 5.74) is 0.962. The van der Waals surface area contributed by atoms with E-state index in [-0.39, 0.29) is 6.09 Å². The summed E-state index contributed by atoms with van der Waals surface area (Å²) in [7, 11) is 0. The van der Waals surface area contributed by atoms with E-state index in [9.17, 15) is 4.79 Å². The summed E-state index contributed by atoms with van der Waals surface area (Å²) >= 11 is 3.64. The zero-order chi connectivity index (χ0) is 14.6. The van der Waals surface area contributed by atoms with Crippen LogP contribution in [0.5, 0.6) is 0 Å². The number of piperidine rings is 1. The number of rotatable bonds is 2. The third kappa shape index (κ3) is 5.17. The van der Waals surface area contributed by atoms with Gasteiger partial charge in [0.05, 0.1) is 0 Å². The quantitative estimate of drug-likeness (QED) is 0.555. The van der Waals surface area contributed by atoms with Gasteiger partial charge < -0.3 is 9.64 Å². The predicted molar refractivity (Wildman–Crippen MR) is 82.7 cm³/mol. The van der Waals surface area contributed by atoms with E-state index in [0.717, 1.165) is 25.9 Å². The normalized spacial score (nSPS) is 23.2. The number of ether oxygens (including phenoxy) is 1. The molecule has 0 aliphatic carbocycles. The third-order valence-electron chi connectivity index (χ3n) is 3.34. The van der Waals surface area contributed by atoms with E-state index in [1.807, 2.05) is 25.7 Å². The van der Waals surface area contributed by atoms with Gasteiger partial charge in [-0.25, -0.2) is 4.79 Å². The summed E-state index contributed by atoms with van der Waals surface area (Å²) in [5.74, 6) is 0.445. The fourth-order valence-corrected chi connectivity index (χ4v) is 3.17. The molecule has 1 aliphatic rings. The number of halogens is 1. The highest BCUT2D eigenvalue weighted by molar-refractivity contribution is 9.09. The van der Waals surface area contributed by atoms with Gasteiger partial charge in [-0.15, -0.1) is 0 Å². The highest BCUT2D eigenvalue weighted by Crippen LogP contribution is 2.29. The molecule has 1 heterocycles. The molecule has 3 nitrogen and oxygen atoms in total. The Bertz CT molecular complexity index is 345. The van der Waals surface area contributed by atoms with E-state index in [1.54, 1.807) is 0 Å². The van der Waals surface area contributed by atoms with Crippen LogP contribution in [-0.4, -0.2) is 34.5 Å². The summed E-state index contributed by atoms with van der Waals surface area (Å²) in [6, 6.07) is 0. The lowest BCUT2D eigenvalue weighted by molar-refractivity contribution is 0.0181. The zero-order valence-corrected chi connectivity index (χ0v) is 14.3. The number of alkyl halides is 1. The molecule has 1 saturated heterocycles. The minimum Gasteiger partial charge on any atom is -0.444 e. The van der Waals surface area contributed by atoms with Gasteiger partial charge in [-0.2, -0.15) is 0 Å². The molecule has 4 heteroatoms. The van der Waals surface area contributed by atoms with Crippen molar-refractivity contribution in [3.05, 3.63) is 11.6 Å². The molecule has 0 saturated carbocycles. The molecule has 0 aromatic rings. The van der Waals surface area contributed by atoms with Crippen molar-refractivity contribution in [3.63, 3.8) is 0 Å². The van der Waals surface area contributed by atoms with E-state index in [0.29, 0.717) is 10.7 Å². The summed E-state index contributed by atoms with van der Waals surface area (Å²) in [4.78, 5) is 14.3. The topological polar surface area (TPSA) is 29.5 Å². The van der Waals surface area contributed by atoms with Crippen molar-refractivity contribution in [2.24, 2.45) is 5.92 Å². The van der Waals surface area contributed by atoms with Crippen LogP contribution in [0.25, 0.3) is 0 Å². The number of carbonyl (C=O) groups excluding carboxylic acids is 1. The summed E-state index contributed by atoms with van der Waals surface area (Å²) < 4.78 is 5.46. The fraction of sp³-hybridized carbons (Fsp3) is 0.800. The monoisotopic (exact) mass is 331 g/mol. The number of carbonyl (C=O) groups is 1. The molecule has 1 fully saturated rings. The van der Waals surface area contributed by atoms with Crippen molar-refractivity contribution in [2.45, 2.75) is 57.9 Å². The van der Waals surface area contributed by atoms with Crippen molar-refractivity contribution < 1.29 is 9.53 Å². The maximum atomic E-state index is 12.1. The fourth-order valence-electron chi connectivity index (χ4n) is 2.53.